The Kier molecular flexibility index (Phi) is 6.01. The van der Waals surface area contributed by atoms with E-state index in [0.717, 1.165) is 14.9 Å². The average Bonchev–Trinajstić information content (AvgIpc) is 3.28. The molecule has 7 nitrogen and oxygen atoms in total. The van der Waals surface area contributed by atoms with Crippen molar-refractivity contribution in [2.45, 2.75) is 38.8 Å². The molecule has 0 saturated carbocycles. The molecule has 5 atom stereocenters. The van der Waals surface area contributed by atoms with Crippen LogP contribution in [0.1, 0.15) is 49.2 Å². The van der Waals surface area contributed by atoms with Crippen LogP contribution in [0.4, 0.5) is 5.69 Å². The molecule has 0 aromatic heterocycles. The van der Waals surface area contributed by atoms with Crippen LogP contribution in [0.3, 0.4) is 0 Å². The number of hydrogen-bond acceptors (Lipinski definition) is 5. The molecule has 33 heavy (non-hydrogen) atoms. The van der Waals surface area contributed by atoms with Gasteiger partial charge in [-0.3, -0.25) is 24.5 Å². The maximum atomic E-state index is 13.7. The third kappa shape index (κ3) is 3.52. The molecule has 4 rings (SSSR count). The summed E-state index contributed by atoms with van der Waals surface area (Å²) in [7, 11) is 0. The van der Waals surface area contributed by atoms with Gasteiger partial charge in [0.25, 0.3) is 0 Å². The third-order valence-electron chi connectivity index (χ3n) is 7.10. The molecule has 0 bridgehead atoms. The van der Waals surface area contributed by atoms with Crippen LogP contribution in [-0.2, 0) is 14.4 Å². The Morgan fingerprint density at radius 3 is 2.21 bits per heavy atom. The maximum Gasteiger partial charge on any atom is 0.325 e. The van der Waals surface area contributed by atoms with E-state index >= 15 is 0 Å². The predicted molar refractivity (Wildman–Crippen MR) is 126 cm³/mol. The number of halogens is 1. The summed E-state index contributed by atoms with van der Waals surface area (Å²) in [5.74, 6) is -4.56. The number of benzene rings is 2. The van der Waals surface area contributed by atoms with Crippen molar-refractivity contribution in [1.29, 1.82) is 0 Å². The number of fused-ring (bicyclic) bond motifs is 1. The SMILES string of the molecule is CCC(C)C1(C(=O)O)NC(c2ccc(Br)cc2)C2C(=O)N(c3ccc(C(C)=O)cc3)C(=O)C21. The molecule has 172 valence electrons. The van der Waals surface area contributed by atoms with E-state index in [1.807, 2.05) is 31.2 Å². The summed E-state index contributed by atoms with van der Waals surface area (Å²) < 4.78 is 0.855. The van der Waals surface area contributed by atoms with Gasteiger partial charge in [0.2, 0.25) is 11.8 Å². The van der Waals surface area contributed by atoms with E-state index in [0.29, 0.717) is 17.7 Å². The topological polar surface area (TPSA) is 104 Å². The lowest BCUT2D eigenvalue weighted by atomic mass is 9.72. The molecule has 2 fully saturated rings. The molecule has 2 aliphatic heterocycles. The van der Waals surface area contributed by atoms with Crippen molar-refractivity contribution >= 4 is 45.2 Å². The molecular formula is C25H25BrN2O5. The number of imide groups is 1. The molecule has 2 amide bonds. The van der Waals surface area contributed by atoms with E-state index in [4.69, 9.17) is 0 Å². The molecule has 2 aliphatic rings. The van der Waals surface area contributed by atoms with Crippen molar-refractivity contribution in [3.8, 4) is 0 Å². The second-order valence-electron chi connectivity index (χ2n) is 8.78. The molecule has 2 heterocycles. The minimum absolute atomic E-state index is 0.126. The van der Waals surface area contributed by atoms with Gasteiger partial charge in [0.1, 0.15) is 5.54 Å². The number of carbonyl (C=O) groups is 4. The highest BCUT2D eigenvalue weighted by Crippen LogP contribution is 2.52. The first-order chi connectivity index (χ1) is 15.6. The Hall–Kier alpha value is -2.84. The van der Waals surface area contributed by atoms with Gasteiger partial charge in [-0.1, -0.05) is 48.3 Å². The van der Waals surface area contributed by atoms with E-state index in [1.165, 1.54) is 6.92 Å². The molecule has 5 unspecified atom stereocenters. The largest absolute Gasteiger partial charge is 0.480 e. The van der Waals surface area contributed by atoms with Crippen LogP contribution in [0.5, 0.6) is 0 Å². The van der Waals surface area contributed by atoms with E-state index in [9.17, 15) is 24.3 Å². The third-order valence-corrected chi connectivity index (χ3v) is 7.63. The number of hydrogen-bond donors (Lipinski definition) is 2. The summed E-state index contributed by atoms with van der Waals surface area (Å²) in [5, 5.41) is 13.6. The van der Waals surface area contributed by atoms with E-state index in [2.05, 4.69) is 21.2 Å². The van der Waals surface area contributed by atoms with Crippen molar-refractivity contribution in [2.24, 2.45) is 17.8 Å². The van der Waals surface area contributed by atoms with Crippen molar-refractivity contribution in [3.63, 3.8) is 0 Å². The zero-order chi connectivity index (χ0) is 24.1. The average molecular weight is 513 g/mol. The number of carboxylic acids is 1. The Bertz CT molecular complexity index is 1130. The second kappa shape index (κ2) is 8.50. The molecule has 2 aromatic rings. The number of Topliss-reactive ketones (excluding diaryl/α,β-unsaturated/α-hetero) is 1. The van der Waals surface area contributed by atoms with Gasteiger partial charge in [-0.15, -0.1) is 0 Å². The Morgan fingerprint density at radius 2 is 1.70 bits per heavy atom. The van der Waals surface area contributed by atoms with Gasteiger partial charge < -0.3 is 5.11 Å². The van der Waals surface area contributed by atoms with Gasteiger partial charge in [0.15, 0.2) is 5.78 Å². The lowest BCUT2D eigenvalue weighted by molar-refractivity contribution is -0.151. The minimum Gasteiger partial charge on any atom is -0.480 e. The lowest BCUT2D eigenvalue weighted by Crippen LogP contribution is -2.59. The first kappa shape index (κ1) is 23.3. The van der Waals surface area contributed by atoms with Crippen LogP contribution in [-0.4, -0.2) is 34.2 Å². The lowest BCUT2D eigenvalue weighted by Gasteiger charge is -2.36. The number of aliphatic carboxylic acids is 1. The monoisotopic (exact) mass is 512 g/mol. The maximum absolute atomic E-state index is 13.7. The summed E-state index contributed by atoms with van der Waals surface area (Å²) >= 11 is 3.40. The van der Waals surface area contributed by atoms with Gasteiger partial charge in [0.05, 0.1) is 17.5 Å². The quantitative estimate of drug-likeness (QED) is 0.448. The predicted octanol–water partition coefficient (Wildman–Crippen LogP) is 3.97. The first-order valence-corrected chi connectivity index (χ1v) is 11.7. The summed E-state index contributed by atoms with van der Waals surface area (Å²) in [5.41, 5.74) is -0.0401. The number of anilines is 1. The number of amides is 2. The smallest absolute Gasteiger partial charge is 0.325 e. The van der Waals surface area contributed by atoms with Crippen molar-refractivity contribution < 1.29 is 24.3 Å². The van der Waals surface area contributed by atoms with Gasteiger partial charge in [-0.25, -0.2) is 4.90 Å². The Balaban J connectivity index is 1.85. The standard InChI is InChI=1S/C25H25BrN2O5/c1-4-13(2)25(24(32)33)20-19(21(27-25)16-5-9-17(26)10-6-16)22(30)28(23(20)31)18-11-7-15(8-12-18)14(3)29/h5-13,19-21,27H,4H2,1-3H3,(H,32,33). The van der Waals surface area contributed by atoms with E-state index in [1.54, 1.807) is 31.2 Å². The van der Waals surface area contributed by atoms with Crippen molar-refractivity contribution in [1.82, 2.24) is 5.32 Å². The van der Waals surface area contributed by atoms with Crippen LogP contribution in [0.15, 0.2) is 53.0 Å². The number of nitrogens with one attached hydrogen (secondary N) is 1. The fourth-order valence-corrected chi connectivity index (χ4v) is 5.44. The summed E-state index contributed by atoms with van der Waals surface area (Å²) in [6, 6.07) is 12.9. The number of rotatable bonds is 6. The molecule has 8 heteroatoms. The van der Waals surface area contributed by atoms with Gasteiger partial charge in [0, 0.05) is 16.1 Å². The van der Waals surface area contributed by atoms with Crippen LogP contribution in [0.2, 0.25) is 0 Å². The fourth-order valence-electron chi connectivity index (χ4n) is 5.18. The molecule has 0 aliphatic carbocycles. The molecule has 0 radical (unpaired) electrons. The fraction of sp³-hybridized carbons (Fsp3) is 0.360. The zero-order valence-electron chi connectivity index (χ0n) is 18.5. The highest BCUT2D eigenvalue weighted by Gasteiger charge is 2.70. The number of nitrogens with zero attached hydrogens (tertiary/aromatic N) is 1. The molecule has 2 aromatic carbocycles. The Morgan fingerprint density at radius 1 is 1.09 bits per heavy atom. The summed E-state index contributed by atoms with van der Waals surface area (Å²) in [6.07, 6.45) is 0.518. The minimum atomic E-state index is -1.59. The van der Waals surface area contributed by atoms with Crippen molar-refractivity contribution in [3.05, 3.63) is 64.1 Å². The zero-order valence-corrected chi connectivity index (χ0v) is 20.1. The molecule has 0 spiro atoms. The number of ketones is 1. The number of carbonyl (C=O) groups excluding carboxylic acids is 3. The van der Waals surface area contributed by atoms with Gasteiger partial charge in [-0.2, -0.15) is 0 Å². The molecular weight excluding hydrogens is 488 g/mol. The van der Waals surface area contributed by atoms with Crippen LogP contribution < -0.4 is 10.2 Å². The van der Waals surface area contributed by atoms with Crippen LogP contribution in [0.25, 0.3) is 0 Å². The molecule has 2 N–H and O–H groups in total. The number of carboxylic acid groups (broad SMARTS) is 1. The second-order valence-corrected chi connectivity index (χ2v) is 9.69. The van der Waals surface area contributed by atoms with Gasteiger partial charge in [-0.05, 0) is 54.8 Å². The first-order valence-electron chi connectivity index (χ1n) is 10.9. The van der Waals surface area contributed by atoms with Crippen LogP contribution in [0, 0.1) is 17.8 Å². The highest BCUT2D eigenvalue weighted by molar-refractivity contribution is 9.10. The van der Waals surface area contributed by atoms with E-state index in [-0.39, 0.29) is 5.78 Å². The van der Waals surface area contributed by atoms with E-state index < -0.39 is 47.1 Å². The van der Waals surface area contributed by atoms with Crippen molar-refractivity contribution in [2.75, 3.05) is 4.90 Å². The Labute approximate surface area is 200 Å². The summed E-state index contributed by atoms with van der Waals surface area (Å²) in [4.78, 5) is 52.8. The van der Waals surface area contributed by atoms with Crippen LogP contribution >= 0.6 is 15.9 Å². The van der Waals surface area contributed by atoms with Gasteiger partial charge >= 0.3 is 5.97 Å². The highest BCUT2D eigenvalue weighted by atomic mass is 79.9. The molecule has 2 saturated heterocycles. The summed E-state index contributed by atoms with van der Waals surface area (Å²) in [6.45, 7) is 5.11. The normalized spacial score (nSPS) is 27.5.